The zero-order valence-corrected chi connectivity index (χ0v) is 20.6. The normalized spacial score (nSPS) is 14.7. The van der Waals surface area contributed by atoms with Crippen LogP contribution in [-0.2, 0) is 5.41 Å². The van der Waals surface area contributed by atoms with Crippen molar-refractivity contribution in [2.75, 3.05) is 0 Å². The van der Waals surface area contributed by atoms with Gasteiger partial charge in [0.25, 0.3) is 0 Å². The minimum atomic E-state index is -0.929. The van der Waals surface area contributed by atoms with Crippen LogP contribution >= 0.6 is 23.1 Å². The predicted molar refractivity (Wildman–Crippen MR) is 136 cm³/mol. The third kappa shape index (κ3) is 4.85. The molecule has 0 atom stereocenters. The molecular weight excluding hydrogens is 432 g/mol. The van der Waals surface area contributed by atoms with Gasteiger partial charge in [0, 0.05) is 30.5 Å². The molecule has 0 unspecified atom stereocenters. The summed E-state index contributed by atoms with van der Waals surface area (Å²) in [4.78, 5) is 15.0. The van der Waals surface area contributed by atoms with Crippen LogP contribution < -0.4 is 0 Å². The number of benzene rings is 2. The number of carbonyl (C=O) groups is 1. The van der Waals surface area contributed by atoms with Crippen molar-refractivity contribution in [3.8, 4) is 11.8 Å². The number of carboxylic acid groups (broad SMARTS) is 1. The van der Waals surface area contributed by atoms with Gasteiger partial charge < -0.3 is 5.11 Å². The van der Waals surface area contributed by atoms with Gasteiger partial charge in [-0.05, 0) is 85.0 Å². The Balaban J connectivity index is 1.71. The van der Waals surface area contributed by atoms with E-state index in [2.05, 4.69) is 82.9 Å². The molecule has 162 valence electrons. The van der Waals surface area contributed by atoms with Crippen LogP contribution in [0.5, 0.6) is 0 Å². The van der Waals surface area contributed by atoms with E-state index in [9.17, 15) is 4.79 Å². The monoisotopic (exact) mass is 458 g/mol. The minimum absolute atomic E-state index is 0.0211. The minimum Gasteiger partial charge on any atom is -0.478 e. The van der Waals surface area contributed by atoms with E-state index in [1.807, 2.05) is 23.1 Å². The molecule has 3 aromatic rings. The Morgan fingerprint density at radius 1 is 0.938 bits per heavy atom. The number of rotatable bonds is 2. The summed E-state index contributed by atoms with van der Waals surface area (Å²) in [5.74, 6) is 5.49. The van der Waals surface area contributed by atoms with Gasteiger partial charge in [0.2, 0.25) is 0 Å². The highest BCUT2D eigenvalue weighted by Crippen LogP contribution is 2.48. The van der Waals surface area contributed by atoms with Crippen molar-refractivity contribution in [3.63, 3.8) is 0 Å². The maximum Gasteiger partial charge on any atom is 0.335 e. The summed E-state index contributed by atoms with van der Waals surface area (Å²) >= 11 is 3.75. The summed E-state index contributed by atoms with van der Waals surface area (Å²) in [6, 6.07) is 17.6. The fourth-order valence-corrected chi connectivity index (χ4v) is 5.83. The maximum atomic E-state index is 11.0. The lowest BCUT2D eigenvalue weighted by Crippen LogP contribution is -2.16. The Morgan fingerprint density at radius 2 is 1.59 bits per heavy atom. The lowest BCUT2D eigenvalue weighted by molar-refractivity contribution is 0.0697. The quantitative estimate of drug-likeness (QED) is 0.405. The second-order valence-corrected chi connectivity index (χ2v) is 12.3. The first-order valence-corrected chi connectivity index (χ1v) is 12.2. The lowest BCUT2D eigenvalue weighted by atomic mass is 9.94. The molecule has 1 aliphatic rings. The molecular formula is C28H26O2S2. The van der Waals surface area contributed by atoms with E-state index in [1.165, 1.54) is 25.8 Å². The summed E-state index contributed by atoms with van der Waals surface area (Å²) in [6.45, 7) is 11.3. The number of aromatic carboxylic acids is 1. The molecule has 0 bridgehead atoms. The van der Waals surface area contributed by atoms with Crippen molar-refractivity contribution in [2.24, 2.45) is 0 Å². The van der Waals surface area contributed by atoms with Crippen molar-refractivity contribution in [3.05, 3.63) is 92.7 Å². The molecule has 1 N–H and O–H groups in total. The van der Waals surface area contributed by atoms with Crippen molar-refractivity contribution in [1.29, 1.82) is 0 Å². The molecule has 0 radical (unpaired) electrons. The Kier molecular flexibility index (Phi) is 5.83. The highest BCUT2D eigenvalue weighted by molar-refractivity contribution is 8.01. The van der Waals surface area contributed by atoms with Crippen LogP contribution in [0.1, 0.15) is 71.4 Å². The van der Waals surface area contributed by atoms with Gasteiger partial charge in [0.05, 0.1) is 5.56 Å². The Hall–Kier alpha value is -2.74. The molecule has 0 saturated heterocycles. The Labute approximate surface area is 198 Å². The standard InChI is InChI=1S/C28H26O2S2/c1-27(2,3)25-15-14-23(31-25)22-17-28(4,5)32-24-13-10-19(16-21(22)24)7-6-18-8-11-20(12-9-18)26(29)30/h8-17H,1-5H3,(H,29,30). The van der Waals surface area contributed by atoms with Crippen molar-refractivity contribution >= 4 is 34.6 Å². The van der Waals surface area contributed by atoms with E-state index in [0.717, 1.165) is 11.1 Å². The summed E-state index contributed by atoms with van der Waals surface area (Å²) in [6.07, 6.45) is 2.38. The third-order valence-corrected chi connectivity index (χ3v) is 7.99. The number of thiophene rings is 1. The van der Waals surface area contributed by atoms with Crippen LogP contribution in [0.4, 0.5) is 0 Å². The van der Waals surface area contributed by atoms with E-state index >= 15 is 0 Å². The first-order chi connectivity index (χ1) is 15.0. The number of hydrogen-bond acceptors (Lipinski definition) is 3. The highest BCUT2D eigenvalue weighted by Gasteiger charge is 2.28. The molecule has 2 nitrogen and oxygen atoms in total. The van der Waals surface area contributed by atoms with Gasteiger partial charge in [-0.15, -0.1) is 23.1 Å². The fraction of sp³-hybridized carbons (Fsp3) is 0.250. The predicted octanol–water partition coefficient (Wildman–Crippen LogP) is 7.46. The molecule has 0 fully saturated rings. The average Bonchev–Trinajstić information content (AvgIpc) is 3.22. The largest absolute Gasteiger partial charge is 0.478 e. The van der Waals surface area contributed by atoms with Crippen LogP contribution in [0.15, 0.2) is 65.6 Å². The average molecular weight is 459 g/mol. The van der Waals surface area contributed by atoms with Crippen molar-refractivity contribution in [1.82, 2.24) is 0 Å². The maximum absolute atomic E-state index is 11.0. The van der Waals surface area contributed by atoms with Gasteiger partial charge in [0.1, 0.15) is 0 Å². The van der Waals surface area contributed by atoms with Crippen molar-refractivity contribution < 1.29 is 9.90 Å². The third-order valence-electron chi connectivity index (χ3n) is 5.23. The fourth-order valence-electron chi connectivity index (χ4n) is 3.58. The zero-order chi connectivity index (χ0) is 23.1. The molecule has 0 saturated carbocycles. The molecule has 0 amide bonds. The topological polar surface area (TPSA) is 37.3 Å². The van der Waals surface area contributed by atoms with Gasteiger partial charge in [-0.25, -0.2) is 4.79 Å². The molecule has 4 rings (SSSR count). The number of thioether (sulfide) groups is 1. The number of hydrogen-bond donors (Lipinski definition) is 1. The summed E-state index contributed by atoms with van der Waals surface area (Å²) in [5, 5.41) is 9.06. The molecule has 1 aromatic heterocycles. The highest BCUT2D eigenvalue weighted by atomic mass is 32.2. The summed E-state index contributed by atoms with van der Waals surface area (Å²) in [5.41, 5.74) is 4.65. The first kappa shape index (κ1) is 22.5. The number of fused-ring (bicyclic) bond motifs is 1. The van der Waals surface area contributed by atoms with Gasteiger partial charge >= 0.3 is 5.97 Å². The molecule has 4 heteroatoms. The zero-order valence-electron chi connectivity index (χ0n) is 18.9. The molecule has 2 aromatic carbocycles. The molecule has 0 spiro atoms. The molecule has 1 aliphatic heterocycles. The Morgan fingerprint density at radius 3 is 2.22 bits per heavy atom. The summed E-state index contributed by atoms with van der Waals surface area (Å²) in [7, 11) is 0. The summed E-state index contributed by atoms with van der Waals surface area (Å²) < 4.78 is 0.0211. The number of carboxylic acids is 1. The van der Waals surface area contributed by atoms with E-state index in [1.54, 1.807) is 24.3 Å². The van der Waals surface area contributed by atoms with Gasteiger partial charge in [0.15, 0.2) is 0 Å². The molecule has 2 heterocycles. The van der Waals surface area contributed by atoms with Crippen LogP contribution in [0.25, 0.3) is 5.57 Å². The molecule has 32 heavy (non-hydrogen) atoms. The van der Waals surface area contributed by atoms with E-state index < -0.39 is 5.97 Å². The lowest BCUT2D eigenvalue weighted by Gasteiger charge is -2.29. The van der Waals surface area contributed by atoms with Crippen LogP contribution in [-0.4, -0.2) is 15.8 Å². The Bertz CT molecular complexity index is 1270. The smallest absolute Gasteiger partial charge is 0.335 e. The van der Waals surface area contributed by atoms with Crippen LogP contribution in [0.2, 0.25) is 0 Å². The van der Waals surface area contributed by atoms with Gasteiger partial charge in [-0.1, -0.05) is 38.7 Å². The SMILES string of the molecule is CC1(C)C=C(c2ccc(C(C)(C)C)s2)c2cc(C#Cc3ccc(C(=O)O)cc3)ccc2S1. The van der Waals surface area contributed by atoms with E-state index in [-0.39, 0.29) is 15.7 Å². The first-order valence-electron chi connectivity index (χ1n) is 10.5. The van der Waals surface area contributed by atoms with Crippen molar-refractivity contribution in [2.45, 2.75) is 49.7 Å². The second kappa shape index (κ2) is 8.31. The van der Waals surface area contributed by atoms with Crippen LogP contribution in [0, 0.1) is 11.8 Å². The van der Waals surface area contributed by atoms with Gasteiger partial charge in [-0.3, -0.25) is 0 Å². The van der Waals surface area contributed by atoms with Crippen LogP contribution in [0.3, 0.4) is 0 Å². The molecule has 0 aliphatic carbocycles. The van der Waals surface area contributed by atoms with Gasteiger partial charge in [-0.2, -0.15) is 0 Å². The second-order valence-electron chi connectivity index (χ2n) is 9.52. The van der Waals surface area contributed by atoms with E-state index in [4.69, 9.17) is 5.11 Å². The van der Waals surface area contributed by atoms with E-state index in [0.29, 0.717) is 0 Å².